The summed E-state index contributed by atoms with van der Waals surface area (Å²) in [6, 6.07) is 1.94. The average Bonchev–Trinajstić information content (AvgIpc) is 2.62. The molecule has 1 heterocycles. The lowest BCUT2D eigenvalue weighted by Crippen LogP contribution is -2.19. The Kier molecular flexibility index (Phi) is 5.49. The van der Waals surface area contributed by atoms with Crippen LogP contribution in [0.2, 0.25) is 0 Å². The highest BCUT2D eigenvalue weighted by molar-refractivity contribution is 5.04. The third-order valence-electron chi connectivity index (χ3n) is 2.03. The lowest BCUT2D eigenvalue weighted by Gasteiger charge is -2.04. The molecule has 0 amide bonds. The summed E-state index contributed by atoms with van der Waals surface area (Å²) >= 11 is 0. The fraction of sp³-hybridized carbons (Fsp3) is 0.750. The Morgan fingerprint density at radius 3 is 2.75 bits per heavy atom. The summed E-state index contributed by atoms with van der Waals surface area (Å²) in [6.45, 7) is 10.6. The quantitative estimate of drug-likeness (QED) is 0.775. The van der Waals surface area contributed by atoms with E-state index in [4.69, 9.17) is 9.26 Å². The Labute approximate surface area is 97.3 Å². The predicted octanol–water partition coefficient (Wildman–Crippen LogP) is 2.35. The third kappa shape index (κ3) is 5.28. The smallest absolute Gasteiger partial charge is 0.162 e. The van der Waals surface area contributed by atoms with Crippen molar-refractivity contribution in [2.24, 2.45) is 5.92 Å². The van der Waals surface area contributed by atoms with Crippen molar-refractivity contribution in [1.82, 2.24) is 10.5 Å². The van der Waals surface area contributed by atoms with Crippen LogP contribution < -0.4 is 5.32 Å². The van der Waals surface area contributed by atoms with Crippen molar-refractivity contribution < 1.29 is 9.26 Å². The summed E-state index contributed by atoms with van der Waals surface area (Å²) in [5.74, 6) is 1.44. The number of aromatic nitrogens is 1. The Balaban J connectivity index is 2.28. The molecule has 0 fully saturated rings. The van der Waals surface area contributed by atoms with E-state index >= 15 is 0 Å². The molecule has 0 aliphatic heterocycles. The fourth-order valence-corrected chi connectivity index (χ4v) is 1.24. The van der Waals surface area contributed by atoms with Crippen molar-refractivity contribution in [2.45, 2.75) is 47.0 Å². The van der Waals surface area contributed by atoms with Gasteiger partial charge in [0.2, 0.25) is 0 Å². The van der Waals surface area contributed by atoms with Gasteiger partial charge in [-0.15, -0.1) is 0 Å². The number of rotatable bonds is 7. The molecule has 0 bridgehead atoms. The van der Waals surface area contributed by atoms with Gasteiger partial charge in [0.1, 0.15) is 6.61 Å². The molecule has 92 valence electrons. The van der Waals surface area contributed by atoms with Crippen LogP contribution in [0.3, 0.4) is 0 Å². The topological polar surface area (TPSA) is 47.3 Å². The van der Waals surface area contributed by atoms with Gasteiger partial charge in [0.15, 0.2) is 5.76 Å². The Bertz CT molecular complexity index is 295. The Hall–Kier alpha value is -0.870. The molecule has 0 radical (unpaired) electrons. The second-order valence-corrected chi connectivity index (χ2v) is 4.67. The monoisotopic (exact) mass is 226 g/mol. The van der Waals surface area contributed by atoms with Gasteiger partial charge < -0.3 is 14.6 Å². The van der Waals surface area contributed by atoms with Crippen LogP contribution in [-0.4, -0.2) is 17.8 Å². The molecule has 0 aromatic carbocycles. The molecule has 0 aliphatic rings. The van der Waals surface area contributed by atoms with E-state index in [0.717, 1.165) is 24.5 Å². The van der Waals surface area contributed by atoms with Crippen LogP contribution in [0.1, 0.15) is 39.1 Å². The number of nitrogens with one attached hydrogen (secondary N) is 1. The van der Waals surface area contributed by atoms with Gasteiger partial charge in [-0.3, -0.25) is 0 Å². The molecular weight excluding hydrogens is 204 g/mol. The van der Waals surface area contributed by atoms with E-state index in [1.807, 2.05) is 19.9 Å². The summed E-state index contributed by atoms with van der Waals surface area (Å²) in [5.41, 5.74) is 0.933. The highest BCUT2D eigenvalue weighted by atomic mass is 16.5. The van der Waals surface area contributed by atoms with Crippen molar-refractivity contribution >= 4 is 0 Å². The molecule has 1 aromatic heterocycles. The molecule has 0 atom stereocenters. The maximum Gasteiger partial charge on any atom is 0.162 e. The molecule has 0 saturated heterocycles. The molecule has 4 nitrogen and oxygen atoms in total. The van der Waals surface area contributed by atoms with Gasteiger partial charge in [0.05, 0.1) is 11.8 Å². The van der Waals surface area contributed by atoms with Gasteiger partial charge in [-0.1, -0.05) is 19.0 Å². The standard InChI is InChI=1S/C12H22N2O2/c1-9(2)6-13-7-11-5-12(16-14-11)8-15-10(3)4/h5,9-10,13H,6-8H2,1-4H3. The molecule has 1 rings (SSSR count). The largest absolute Gasteiger partial charge is 0.371 e. The molecule has 1 aromatic rings. The number of hydrogen-bond donors (Lipinski definition) is 1. The zero-order valence-corrected chi connectivity index (χ0v) is 10.6. The van der Waals surface area contributed by atoms with E-state index in [1.165, 1.54) is 0 Å². The zero-order chi connectivity index (χ0) is 12.0. The van der Waals surface area contributed by atoms with Gasteiger partial charge >= 0.3 is 0 Å². The van der Waals surface area contributed by atoms with E-state index < -0.39 is 0 Å². The minimum Gasteiger partial charge on any atom is -0.371 e. The molecular formula is C12H22N2O2. The Morgan fingerprint density at radius 1 is 1.38 bits per heavy atom. The molecule has 0 saturated carbocycles. The van der Waals surface area contributed by atoms with Crippen molar-refractivity contribution in [3.8, 4) is 0 Å². The zero-order valence-electron chi connectivity index (χ0n) is 10.6. The van der Waals surface area contributed by atoms with Crippen LogP contribution in [-0.2, 0) is 17.9 Å². The van der Waals surface area contributed by atoms with Gasteiger partial charge in [-0.05, 0) is 26.3 Å². The van der Waals surface area contributed by atoms with E-state index in [9.17, 15) is 0 Å². The molecule has 0 aliphatic carbocycles. The minimum atomic E-state index is 0.215. The van der Waals surface area contributed by atoms with Crippen LogP contribution in [0.25, 0.3) is 0 Å². The van der Waals surface area contributed by atoms with Crippen molar-refractivity contribution in [1.29, 1.82) is 0 Å². The molecule has 0 spiro atoms. The van der Waals surface area contributed by atoms with Crippen LogP contribution in [0, 0.1) is 5.92 Å². The van der Waals surface area contributed by atoms with E-state index in [1.54, 1.807) is 0 Å². The first-order valence-corrected chi connectivity index (χ1v) is 5.84. The van der Waals surface area contributed by atoms with Crippen molar-refractivity contribution in [2.75, 3.05) is 6.54 Å². The first kappa shape index (κ1) is 13.2. The summed E-state index contributed by atoms with van der Waals surface area (Å²) in [5, 5.41) is 7.29. The average molecular weight is 226 g/mol. The van der Waals surface area contributed by atoms with Gasteiger partial charge in [0.25, 0.3) is 0 Å². The van der Waals surface area contributed by atoms with Gasteiger partial charge in [-0.2, -0.15) is 0 Å². The maximum absolute atomic E-state index is 5.43. The molecule has 0 unspecified atom stereocenters. The predicted molar refractivity (Wildman–Crippen MR) is 63.0 cm³/mol. The minimum absolute atomic E-state index is 0.215. The summed E-state index contributed by atoms with van der Waals surface area (Å²) in [6.07, 6.45) is 0.215. The van der Waals surface area contributed by atoms with Crippen molar-refractivity contribution in [3.05, 3.63) is 17.5 Å². The molecule has 4 heteroatoms. The molecule has 16 heavy (non-hydrogen) atoms. The van der Waals surface area contributed by atoms with E-state index in [0.29, 0.717) is 12.5 Å². The summed E-state index contributed by atoms with van der Waals surface area (Å²) in [4.78, 5) is 0. The van der Waals surface area contributed by atoms with Crippen molar-refractivity contribution in [3.63, 3.8) is 0 Å². The van der Waals surface area contributed by atoms with Crippen LogP contribution >= 0.6 is 0 Å². The normalized spacial score (nSPS) is 11.6. The highest BCUT2D eigenvalue weighted by Gasteiger charge is 2.05. The first-order chi connectivity index (χ1) is 7.58. The lowest BCUT2D eigenvalue weighted by molar-refractivity contribution is 0.0512. The first-order valence-electron chi connectivity index (χ1n) is 5.84. The van der Waals surface area contributed by atoms with Crippen LogP contribution in [0.4, 0.5) is 0 Å². The van der Waals surface area contributed by atoms with Crippen LogP contribution in [0.5, 0.6) is 0 Å². The highest BCUT2D eigenvalue weighted by Crippen LogP contribution is 2.06. The number of hydrogen-bond acceptors (Lipinski definition) is 4. The van der Waals surface area contributed by atoms with Crippen LogP contribution in [0.15, 0.2) is 10.6 Å². The lowest BCUT2D eigenvalue weighted by atomic mass is 10.2. The SMILES string of the molecule is CC(C)CNCc1cc(COC(C)C)on1. The Morgan fingerprint density at radius 2 is 2.12 bits per heavy atom. The second-order valence-electron chi connectivity index (χ2n) is 4.67. The summed E-state index contributed by atoms with van der Waals surface area (Å²) < 4.78 is 10.6. The number of ether oxygens (including phenoxy) is 1. The molecule has 1 N–H and O–H groups in total. The fourth-order valence-electron chi connectivity index (χ4n) is 1.24. The van der Waals surface area contributed by atoms with E-state index in [-0.39, 0.29) is 6.10 Å². The third-order valence-corrected chi connectivity index (χ3v) is 2.03. The maximum atomic E-state index is 5.43. The number of nitrogens with zero attached hydrogens (tertiary/aromatic N) is 1. The van der Waals surface area contributed by atoms with E-state index in [2.05, 4.69) is 24.3 Å². The second kappa shape index (κ2) is 6.66. The van der Waals surface area contributed by atoms with Gasteiger partial charge in [0, 0.05) is 12.6 Å². The van der Waals surface area contributed by atoms with Gasteiger partial charge in [-0.25, -0.2) is 0 Å². The summed E-state index contributed by atoms with van der Waals surface area (Å²) in [7, 11) is 0.